The average molecular weight is 316 g/mol. The zero-order chi connectivity index (χ0) is 11.9. The fraction of sp³-hybridized carbons (Fsp3) is 0.583. The second kappa shape index (κ2) is 4.46. The van der Waals surface area contributed by atoms with Crippen LogP contribution in [-0.4, -0.2) is 61.0 Å². The summed E-state index contributed by atoms with van der Waals surface area (Å²) in [4.78, 5) is 15.7. The Bertz CT molecular complexity index is 424. The molecular formula is C12H16BrN2OS+. The van der Waals surface area contributed by atoms with Crippen molar-refractivity contribution >= 4 is 33.0 Å². The Kier molecular flexibility index (Phi) is 3.11. The molecule has 92 valence electrons. The molecule has 0 radical (unpaired) electrons. The minimum atomic E-state index is 0.316. The Morgan fingerprint density at radius 1 is 1.29 bits per heavy atom. The SMILES string of the molecule is O=C(C[N+]12CCN(CC1)CC2)c1ccc(Br)s1. The number of hydrogen-bond acceptors (Lipinski definition) is 3. The summed E-state index contributed by atoms with van der Waals surface area (Å²) >= 11 is 4.97. The van der Waals surface area contributed by atoms with Crippen LogP contribution in [0.3, 0.4) is 0 Å². The van der Waals surface area contributed by atoms with Crippen molar-refractivity contribution < 1.29 is 9.28 Å². The fourth-order valence-corrected chi connectivity index (χ4v) is 4.13. The molecule has 17 heavy (non-hydrogen) atoms. The normalized spacial score (nSPS) is 31.7. The van der Waals surface area contributed by atoms with Gasteiger partial charge in [-0.1, -0.05) is 0 Å². The fourth-order valence-electron chi connectivity index (χ4n) is 2.82. The maximum atomic E-state index is 12.3. The van der Waals surface area contributed by atoms with Crippen molar-refractivity contribution in [1.82, 2.24) is 4.90 Å². The molecule has 3 aliphatic rings. The molecule has 0 saturated carbocycles. The minimum Gasteiger partial charge on any atom is -0.314 e. The van der Waals surface area contributed by atoms with E-state index in [-0.39, 0.29) is 0 Å². The smallest absolute Gasteiger partial charge is 0.226 e. The highest BCUT2D eigenvalue weighted by atomic mass is 79.9. The zero-order valence-electron chi connectivity index (χ0n) is 9.69. The van der Waals surface area contributed by atoms with Gasteiger partial charge in [0, 0.05) is 19.6 Å². The van der Waals surface area contributed by atoms with E-state index in [1.165, 1.54) is 19.6 Å². The van der Waals surface area contributed by atoms with Gasteiger partial charge in [-0.15, -0.1) is 11.3 Å². The third-order valence-electron chi connectivity index (χ3n) is 4.00. The van der Waals surface area contributed by atoms with Crippen molar-refractivity contribution in [3.8, 4) is 0 Å². The summed E-state index contributed by atoms with van der Waals surface area (Å²) in [7, 11) is 0. The van der Waals surface area contributed by atoms with Gasteiger partial charge in [0.25, 0.3) is 0 Å². The van der Waals surface area contributed by atoms with Crippen LogP contribution in [0.5, 0.6) is 0 Å². The molecule has 0 spiro atoms. The molecule has 0 amide bonds. The lowest BCUT2D eigenvalue weighted by molar-refractivity contribution is -0.933. The molecule has 3 saturated heterocycles. The van der Waals surface area contributed by atoms with Crippen LogP contribution >= 0.6 is 27.3 Å². The third kappa shape index (κ3) is 2.34. The van der Waals surface area contributed by atoms with E-state index in [0.717, 1.165) is 32.8 Å². The first-order valence-electron chi connectivity index (χ1n) is 6.03. The van der Waals surface area contributed by atoms with Crippen LogP contribution in [0, 0.1) is 0 Å². The van der Waals surface area contributed by atoms with E-state index < -0.39 is 0 Å². The van der Waals surface area contributed by atoms with Gasteiger partial charge in [0.05, 0.1) is 28.3 Å². The number of hydrogen-bond donors (Lipinski definition) is 0. The van der Waals surface area contributed by atoms with Crippen molar-refractivity contribution in [3.05, 3.63) is 20.8 Å². The summed E-state index contributed by atoms with van der Waals surface area (Å²) in [5.74, 6) is 0.316. The molecule has 5 heteroatoms. The summed E-state index contributed by atoms with van der Waals surface area (Å²) in [6.45, 7) is 7.65. The number of thiophene rings is 1. The van der Waals surface area contributed by atoms with Crippen molar-refractivity contribution in [1.29, 1.82) is 0 Å². The number of halogens is 1. The van der Waals surface area contributed by atoms with E-state index >= 15 is 0 Å². The molecule has 1 aromatic rings. The number of rotatable bonds is 3. The number of piperazine rings is 3. The van der Waals surface area contributed by atoms with E-state index in [4.69, 9.17) is 0 Å². The van der Waals surface area contributed by atoms with Gasteiger partial charge in [-0.25, -0.2) is 0 Å². The summed E-state index contributed by atoms with van der Waals surface area (Å²) in [6, 6.07) is 3.90. The Hall–Kier alpha value is -0.230. The van der Waals surface area contributed by atoms with Gasteiger partial charge >= 0.3 is 0 Å². The highest BCUT2D eigenvalue weighted by Crippen LogP contribution is 2.25. The standard InChI is InChI=1S/C12H16BrN2OS/c13-12-2-1-11(17-12)10(16)9-15-6-3-14(4-7-15)5-8-15/h1-2H,3-9H2/q+1. The van der Waals surface area contributed by atoms with Crippen LogP contribution in [-0.2, 0) is 0 Å². The Morgan fingerprint density at radius 3 is 2.47 bits per heavy atom. The Balaban J connectivity index is 1.72. The number of Topliss-reactive ketones (excluding diaryl/α,β-unsaturated/α-hetero) is 1. The van der Waals surface area contributed by atoms with Gasteiger partial charge in [0.1, 0.15) is 6.54 Å². The van der Waals surface area contributed by atoms with Crippen molar-refractivity contribution in [2.45, 2.75) is 0 Å². The zero-order valence-corrected chi connectivity index (χ0v) is 12.1. The molecule has 0 aromatic carbocycles. The van der Waals surface area contributed by atoms with E-state index in [1.807, 2.05) is 12.1 Å². The van der Waals surface area contributed by atoms with Gasteiger partial charge in [-0.05, 0) is 28.1 Å². The van der Waals surface area contributed by atoms with E-state index in [9.17, 15) is 4.79 Å². The summed E-state index contributed by atoms with van der Waals surface area (Å²) < 4.78 is 2.06. The van der Waals surface area contributed by atoms with Crippen LogP contribution in [0.25, 0.3) is 0 Å². The topological polar surface area (TPSA) is 20.3 Å². The Morgan fingerprint density at radius 2 is 1.94 bits per heavy atom. The van der Waals surface area contributed by atoms with Crippen molar-refractivity contribution in [3.63, 3.8) is 0 Å². The molecule has 1 aromatic heterocycles. The lowest BCUT2D eigenvalue weighted by Gasteiger charge is -2.50. The summed E-state index contributed by atoms with van der Waals surface area (Å²) in [5, 5.41) is 0. The molecule has 0 N–H and O–H groups in total. The minimum absolute atomic E-state index is 0.316. The quantitative estimate of drug-likeness (QED) is 0.626. The van der Waals surface area contributed by atoms with E-state index in [0.29, 0.717) is 12.3 Å². The number of ketones is 1. The molecule has 4 heterocycles. The number of carbonyl (C=O) groups excluding carboxylic acids is 1. The van der Waals surface area contributed by atoms with Gasteiger partial charge < -0.3 is 4.48 Å². The van der Waals surface area contributed by atoms with Crippen molar-refractivity contribution in [2.75, 3.05) is 45.8 Å². The van der Waals surface area contributed by atoms with Crippen LogP contribution in [0.2, 0.25) is 0 Å². The molecule has 3 nitrogen and oxygen atoms in total. The number of carbonyl (C=O) groups is 1. The monoisotopic (exact) mass is 315 g/mol. The van der Waals surface area contributed by atoms with Crippen LogP contribution in [0.1, 0.15) is 9.67 Å². The lowest BCUT2D eigenvalue weighted by Crippen LogP contribution is -2.68. The van der Waals surface area contributed by atoms with Crippen LogP contribution in [0.4, 0.5) is 0 Å². The largest absolute Gasteiger partial charge is 0.314 e. The maximum absolute atomic E-state index is 12.3. The lowest BCUT2D eigenvalue weighted by atomic mass is 10.1. The van der Waals surface area contributed by atoms with Gasteiger partial charge in [-0.3, -0.25) is 9.69 Å². The molecule has 0 atom stereocenters. The van der Waals surface area contributed by atoms with Crippen LogP contribution in [0.15, 0.2) is 15.9 Å². The number of fused-ring (bicyclic) bond motifs is 3. The molecule has 4 rings (SSSR count). The first kappa shape index (κ1) is 11.8. The molecule has 3 fully saturated rings. The highest BCUT2D eigenvalue weighted by Gasteiger charge is 2.40. The second-order valence-electron chi connectivity index (χ2n) is 5.04. The van der Waals surface area contributed by atoms with Gasteiger partial charge in [0.2, 0.25) is 5.78 Å². The van der Waals surface area contributed by atoms with Gasteiger partial charge in [0.15, 0.2) is 0 Å². The number of quaternary nitrogens is 1. The van der Waals surface area contributed by atoms with Crippen molar-refractivity contribution in [2.24, 2.45) is 0 Å². The van der Waals surface area contributed by atoms with E-state index in [2.05, 4.69) is 20.8 Å². The molecule has 0 aliphatic carbocycles. The third-order valence-corrected chi connectivity index (χ3v) is 5.66. The average Bonchev–Trinajstić information content (AvgIpc) is 2.78. The summed E-state index contributed by atoms with van der Waals surface area (Å²) in [6.07, 6.45) is 0. The Labute approximate surface area is 114 Å². The number of nitrogens with zero attached hydrogens (tertiary/aromatic N) is 2. The van der Waals surface area contributed by atoms with E-state index in [1.54, 1.807) is 11.3 Å². The predicted molar refractivity (Wildman–Crippen MR) is 72.5 cm³/mol. The first-order chi connectivity index (χ1) is 8.17. The first-order valence-corrected chi connectivity index (χ1v) is 7.64. The highest BCUT2D eigenvalue weighted by molar-refractivity contribution is 9.11. The summed E-state index contributed by atoms with van der Waals surface area (Å²) in [5.41, 5.74) is 0. The maximum Gasteiger partial charge on any atom is 0.226 e. The molecule has 3 aliphatic heterocycles. The predicted octanol–water partition coefficient (Wildman–Crippen LogP) is 1.84. The van der Waals surface area contributed by atoms with Gasteiger partial charge in [-0.2, -0.15) is 0 Å². The molecule has 0 unspecified atom stereocenters. The second-order valence-corrected chi connectivity index (χ2v) is 7.50. The molecule has 2 bridgehead atoms. The van der Waals surface area contributed by atoms with Crippen LogP contribution < -0.4 is 0 Å². The molecular weight excluding hydrogens is 300 g/mol.